The maximum Gasteiger partial charge on any atom is 0.263 e. The molecule has 7 nitrogen and oxygen atoms in total. The molecule has 3 aromatic rings. The van der Waals surface area contributed by atoms with E-state index >= 15 is 0 Å². The number of aromatic nitrogens is 1. The Hall–Kier alpha value is -3.74. The van der Waals surface area contributed by atoms with Gasteiger partial charge < -0.3 is 24.3 Å². The highest BCUT2D eigenvalue weighted by atomic mass is 16.7. The first kappa shape index (κ1) is 18.6. The van der Waals surface area contributed by atoms with E-state index in [2.05, 4.69) is 10.3 Å². The number of pyridine rings is 1. The average Bonchev–Trinajstić information content (AvgIpc) is 3.20. The Balaban J connectivity index is 1.49. The van der Waals surface area contributed by atoms with E-state index in [9.17, 15) is 4.79 Å². The third-order valence-electron chi connectivity index (χ3n) is 4.40. The third kappa shape index (κ3) is 4.57. The summed E-state index contributed by atoms with van der Waals surface area (Å²) in [6.45, 7) is 0.0206. The van der Waals surface area contributed by atoms with Crippen LogP contribution in [-0.2, 0) is 11.2 Å². The summed E-state index contributed by atoms with van der Waals surface area (Å²) in [5.74, 6) is 2.81. The topological polar surface area (TPSA) is 78.9 Å². The first-order valence-electron chi connectivity index (χ1n) is 9.10. The number of nitrogens with zero attached hydrogens (tertiary/aromatic N) is 1. The molecule has 0 bridgehead atoms. The number of amides is 1. The molecule has 2 heterocycles. The number of nitrogens with one attached hydrogen (secondary N) is 1. The van der Waals surface area contributed by atoms with Crippen molar-refractivity contribution >= 4 is 11.7 Å². The number of anilines is 1. The minimum absolute atomic E-state index is 0.147. The number of carbonyl (C=O) groups excluding carboxylic acids is 1. The molecule has 7 heteroatoms. The Morgan fingerprint density at radius 1 is 1.10 bits per heavy atom. The van der Waals surface area contributed by atoms with Gasteiger partial charge in [-0.1, -0.05) is 18.2 Å². The lowest BCUT2D eigenvalue weighted by Crippen LogP contribution is -2.21. The van der Waals surface area contributed by atoms with E-state index in [1.54, 1.807) is 37.6 Å². The van der Waals surface area contributed by atoms with Crippen molar-refractivity contribution in [2.24, 2.45) is 0 Å². The van der Waals surface area contributed by atoms with Crippen LogP contribution in [0.5, 0.6) is 23.0 Å². The van der Waals surface area contributed by atoms with Crippen LogP contribution in [0.15, 0.2) is 60.8 Å². The highest BCUT2D eigenvalue weighted by molar-refractivity contribution is 5.90. The molecular weight excluding hydrogens is 372 g/mol. The average molecular weight is 392 g/mol. The van der Waals surface area contributed by atoms with E-state index in [1.165, 1.54) is 0 Å². The van der Waals surface area contributed by atoms with Crippen molar-refractivity contribution < 1.29 is 23.7 Å². The summed E-state index contributed by atoms with van der Waals surface area (Å²) in [7, 11) is 1.63. The van der Waals surface area contributed by atoms with Gasteiger partial charge in [0.05, 0.1) is 7.11 Å². The van der Waals surface area contributed by atoms with Crippen LogP contribution in [0.2, 0.25) is 0 Å². The number of fused-ring (bicyclic) bond motifs is 1. The first-order chi connectivity index (χ1) is 14.2. The number of rotatable bonds is 7. The molecule has 0 atom stereocenters. The molecule has 0 saturated heterocycles. The quantitative estimate of drug-likeness (QED) is 0.664. The van der Waals surface area contributed by atoms with E-state index in [0.717, 1.165) is 16.9 Å². The summed E-state index contributed by atoms with van der Waals surface area (Å²) in [4.78, 5) is 16.3. The summed E-state index contributed by atoms with van der Waals surface area (Å²) in [6, 6.07) is 16.7. The molecule has 0 unspecified atom stereocenters. The van der Waals surface area contributed by atoms with Crippen LogP contribution in [0.3, 0.4) is 0 Å². The van der Waals surface area contributed by atoms with Crippen molar-refractivity contribution in [3.63, 3.8) is 0 Å². The van der Waals surface area contributed by atoms with Crippen molar-refractivity contribution in [3.8, 4) is 23.0 Å². The molecule has 0 spiro atoms. The van der Waals surface area contributed by atoms with Gasteiger partial charge in [0.25, 0.3) is 5.91 Å². The predicted octanol–water partition coefficient (Wildman–Crippen LogP) is 3.43. The number of ether oxygens (including phenoxy) is 4. The molecule has 1 N–H and O–H groups in total. The fraction of sp³-hybridized carbons (Fsp3) is 0.182. The molecule has 148 valence electrons. The lowest BCUT2D eigenvalue weighted by Gasteiger charge is -2.13. The van der Waals surface area contributed by atoms with Gasteiger partial charge in [-0.2, -0.15) is 0 Å². The molecule has 0 saturated carbocycles. The summed E-state index contributed by atoms with van der Waals surface area (Å²) < 4.78 is 22.0. The lowest BCUT2D eigenvalue weighted by molar-refractivity contribution is -0.118. The monoisotopic (exact) mass is 392 g/mol. The van der Waals surface area contributed by atoms with Crippen molar-refractivity contribution in [1.82, 2.24) is 4.98 Å². The van der Waals surface area contributed by atoms with Crippen LogP contribution < -0.4 is 24.3 Å². The predicted molar refractivity (Wildman–Crippen MR) is 107 cm³/mol. The smallest absolute Gasteiger partial charge is 0.263 e. The highest BCUT2D eigenvalue weighted by Crippen LogP contribution is 2.39. The fourth-order valence-electron chi connectivity index (χ4n) is 2.96. The van der Waals surface area contributed by atoms with Crippen LogP contribution in [-0.4, -0.2) is 31.4 Å². The van der Waals surface area contributed by atoms with Gasteiger partial charge in [0.2, 0.25) is 6.79 Å². The second-order valence-electron chi connectivity index (χ2n) is 6.39. The summed E-state index contributed by atoms with van der Waals surface area (Å²) >= 11 is 0. The molecule has 1 aliphatic rings. The summed E-state index contributed by atoms with van der Waals surface area (Å²) in [6.07, 6.45) is 2.22. The van der Waals surface area contributed by atoms with E-state index in [0.29, 0.717) is 29.5 Å². The van der Waals surface area contributed by atoms with Gasteiger partial charge in [-0.15, -0.1) is 0 Å². The van der Waals surface area contributed by atoms with Gasteiger partial charge in [0.1, 0.15) is 17.3 Å². The Bertz CT molecular complexity index is 990. The van der Waals surface area contributed by atoms with Gasteiger partial charge in [-0.05, 0) is 35.9 Å². The third-order valence-corrected chi connectivity index (χ3v) is 4.40. The van der Waals surface area contributed by atoms with Gasteiger partial charge in [-0.3, -0.25) is 4.79 Å². The summed E-state index contributed by atoms with van der Waals surface area (Å²) in [5.41, 5.74) is 1.97. The molecule has 1 aromatic heterocycles. The van der Waals surface area contributed by atoms with Crippen LogP contribution in [0.1, 0.15) is 11.1 Å². The van der Waals surface area contributed by atoms with Crippen LogP contribution in [0, 0.1) is 0 Å². The minimum atomic E-state index is -0.295. The zero-order chi connectivity index (χ0) is 20.1. The number of carbonyl (C=O) groups is 1. The van der Waals surface area contributed by atoms with E-state index in [4.69, 9.17) is 18.9 Å². The number of hydrogen-bond acceptors (Lipinski definition) is 6. The lowest BCUT2D eigenvalue weighted by atomic mass is 10.0. The number of benzene rings is 2. The molecule has 1 amide bonds. The molecular formula is C22H20N2O5. The maximum absolute atomic E-state index is 12.2. The van der Waals surface area contributed by atoms with Gasteiger partial charge >= 0.3 is 0 Å². The van der Waals surface area contributed by atoms with Crippen molar-refractivity contribution in [1.29, 1.82) is 0 Å². The van der Waals surface area contributed by atoms with E-state index in [-0.39, 0.29) is 19.3 Å². The standard InChI is InChI=1S/C22H20N2O5/c1-26-17-7-5-15(6-8-17)10-16-11-19-20(29-14-28-19)12-18(16)27-13-22(25)24-21-4-2-3-9-23-21/h2-9,11-12H,10,13-14H2,1H3,(H,23,24,25). The summed E-state index contributed by atoms with van der Waals surface area (Å²) in [5, 5.41) is 2.70. The van der Waals surface area contributed by atoms with E-state index in [1.807, 2.05) is 30.3 Å². The molecule has 2 aromatic carbocycles. The van der Waals surface area contributed by atoms with Crippen molar-refractivity contribution in [3.05, 3.63) is 71.9 Å². The zero-order valence-electron chi connectivity index (χ0n) is 15.9. The van der Waals surface area contributed by atoms with Crippen molar-refractivity contribution in [2.45, 2.75) is 6.42 Å². The fourth-order valence-corrected chi connectivity index (χ4v) is 2.96. The van der Waals surface area contributed by atoms with Crippen molar-refractivity contribution in [2.75, 3.05) is 25.8 Å². The Morgan fingerprint density at radius 3 is 2.62 bits per heavy atom. The van der Waals surface area contributed by atoms with Crippen LogP contribution >= 0.6 is 0 Å². The number of hydrogen-bond donors (Lipinski definition) is 1. The molecule has 29 heavy (non-hydrogen) atoms. The molecule has 0 aliphatic carbocycles. The Morgan fingerprint density at radius 2 is 1.90 bits per heavy atom. The van der Waals surface area contributed by atoms with Crippen LogP contribution in [0.25, 0.3) is 0 Å². The minimum Gasteiger partial charge on any atom is -0.497 e. The number of methoxy groups -OCH3 is 1. The molecule has 0 fully saturated rings. The Kier molecular flexibility index (Phi) is 5.47. The van der Waals surface area contributed by atoms with Crippen LogP contribution in [0.4, 0.5) is 5.82 Å². The van der Waals surface area contributed by atoms with E-state index < -0.39 is 0 Å². The van der Waals surface area contributed by atoms with Gasteiger partial charge in [0.15, 0.2) is 18.1 Å². The zero-order valence-corrected chi connectivity index (χ0v) is 15.9. The maximum atomic E-state index is 12.2. The SMILES string of the molecule is COc1ccc(Cc2cc3c(cc2OCC(=O)Nc2ccccn2)OCO3)cc1. The normalized spacial score (nSPS) is 11.8. The molecule has 4 rings (SSSR count). The second-order valence-corrected chi connectivity index (χ2v) is 6.39. The van der Waals surface area contributed by atoms with Gasteiger partial charge in [-0.25, -0.2) is 4.98 Å². The Labute approximate surface area is 168 Å². The largest absolute Gasteiger partial charge is 0.497 e. The first-order valence-corrected chi connectivity index (χ1v) is 9.10. The van der Waals surface area contributed by atoms with Gasteiger partial charge in [0, 0.05) is 24.2 Å². The molecule has 0 radical (unpaired) electrons. The second kappa shape index (κ2) is 8.52. The molecule has 1 aliphatic heterocycles. The highest BCUT2D eigenvalue weighted by Gasteiger charge is 2.19.